The Labute approximate surface area is 111 Å². The van der Waals surface area contributed by atoms with Gasteiger partial charge in [-0.2, -0.15) is 5.10 Å². The first-order valence-corrected chi connectivity index (χ1v) is 6.00. The van der Waals surface area contributed by atoms with Gasteiger partial charge in [0.25, 0.3) is 0 Å². The fourth-order valence-electron chi connectivity index (χ4n) is 1.88. The highest BCUT2D eigenvalue weighted by Gasteiger charge is 2.06. The molecule has 100 valence electrons. The number of hydrogen-bond donors (Lipinski definition) is 1. The molecular formula is C14H16N2O3. The highest BCUT2D eigenvalue weighted by molar-refractivity contribution is 5.67. The predicted octanol–water partition coefficient (Wildman–Crippen LogP) is 2.21. The molecule has 19 heavy (non-hydrogen) atoms. The summed E-state index contributed by atoms with van der Waals surface area (Å²) in [5, 5.41) is 12.9. The Morgan fingerprint density at radius 2 is 2.26 bits per heavy atom. The van der Waals surface area contributed by atoms with Crippen LogP contribution in [-0.2, 0) is 11.2 Å². The molecule has 0 atom stereocenters. The summed E-state index contributed by atoms with van der Waals surface area (Å²) in [6.45, 7) is 1.98. The molecule has 0 fully saturated rings. The molecule has 0 unspecified atom stereocenters. The van der Waals surface area contributed by atoms with Gasteiger partial charge in [0.1, 0.15) is 5.75 Å². The summed E-state index contributed by atoms with van der Waals surface area (Å²) in [4.78, 5) is 10.5. The summed E-state index contributed by atoms with van der Waals surface area (Å²) >= 11 is 0. The van der Waals surface area contributed by atoms with E-state index in [2.05, 4.69) is 5.10 Å². The van der Waals surface area contributed by atoms with Gasteiger partial charge in [-0.05, 0) is 42.7 Å². The molecular weight excluding hydrogens is 244 g/mol. The fourth-order valence-corrected chi connectivity index (χ4v) is 1.88. The van der Waals surface area contributed by atoms with Crippen LogP contribution >= 0.6 is 0 Å². The molecule has 1 N–H and O–H groups in total. The van der Waals surface area contributed by atoms with Crippen molar-refractivity contribution in [2.45, 2.75) is 19.8 Å². The Morgan fingerprint density at radius 3 is 2.89 bits per heavy atom. The van der Waals surface area contributed by atoms with Crippen molar-refractivity contribution in [3.63, 3.8) is 0 Å². The van der Waals surface area contributed by atoms with E-state index < -0.39 is 5.97 Å². The third kappa shape index (κ3) is 3.13. The average molecular weight is 260 g/mol. The van der Waals surface area contributed by atoms with Crippen molar-refractivity contribution in [3.05, 3.63) is 41.7 Å². The van der Waals surface area contributed by atoms with Crippen molar-refractivity contribution in [1.29, 1.82) is 0 Å². The normalized spacial score (nSPS) is 10.4. The first-order valence-electron chi connectivity index (χ1n) is 6.00. The Hall–Kier alpha value is -2.30. The van der Waals surface area contributed by atoms with Gasteiger partial charge >= 0.3 is 5.97 Å². The zero-order valence-electron chi connectivity index (χ0n) is 11.0. The van der Waals surface area contributed by atoms with Gasteiger partial charge in [0.05, 0.1) is 19.0 Å². The van der Waals surface area contributed by atoms with Crippen LogP contribution in [0.2, 0.25) is 0 Å². The minimum absolute atomic E-state index is 0.118. The van der Waals surface area contributed by atoms with Crippen molar-refractivity contribution in [2.24, 2.45) is 0 Å². The van der Waals surface area contributed by atoms with Crippen LogP contribution in [0, 0.1) is 6.92 Å². The lowest BCUT2D eigenvalue weighted by atomic mass is 10.2. The second-order valence-corrected chi connectivity index (χ2v) is 4.34. The minimum Gasteiger partial charge on any atom is -0.497 e. The molecule has 2 rings (SSSR count). The highest BCUT2D eigenvalue weighted by atomic mass is 16.5. The van der Waals surface area contributed by atoms with Gasteiger partial charge in [-0.25, -0.2) is 4.68 Å². The Morgan fingerprint density at radius 1 is 1.47 bits per heavy atom. The van der Waals surface area contributed by atoms with Crippen molar-refractivity contribution in [3.8, 4) is 11.4 Å². The van der Waals surface area contributed by atoms with Crippen LogP contribution < -0.4 is 4.74 Å². The fraction of sp³-hybridized carbons (Fsp3) is 0.286. The van der Waals surface area contributed by atoms with Gasteiger partial charge < -0.3 is 9.84 Å². The van der Waals surface area contributed by atoms with Crippen molar-refractivity contribution >= 4 is 5.97 Å². The number of ether oxygens (including phenoxy) is 1. The van der Waals surface area contributed by atoms with Gasteiger partial charge in [-0.15, -0.1) is 0 Å². The molecule has 0 aliphatic carbocycles. The first kappa shape index (κ1) is 13.1. The van der Waals surface area contributed by atoms with E-state index in [1.54, 1.807) is 18.0 Å². The van der Waals surface area contributed by atoms with Gasteiger partial charge in [-0.1, -0.05) is 0 Å². The summed E-state index contributed by atoms with van der Waals surface area (Å²) in [5.74, 6) is 0.00730. The summed E-state index contributed by atoms with van der Waals surface area (Å²) in [5.41, 5.74) is 2.92. The zero-order valence-corrected chi connectivity index (χ0v) is 11.0. The molecule has 1 aromatic carbocycles. The average Bonchev–Trinajstić information content (AvgIpc) is 2.84. The van der Waals surface area contributed by atoms with Gasteiger partial charge in [-0.3, -0.25) is 4.79 Å². The second-order valence-electron chi connectivity index (χ2n) is 4.34. The lowest BCUT2D eigenvalue weighted by Crippen LogP contribution is -1.98. The predicted molar refractivity (Wildman–Crippen MR) is 70.8 cm³/mol. The Bertz CT molecular complexity index is 590. The molecule has 0 saturated carbocycles. The topological polar surface area (TPSA) is 64.3 Å². The van der Waals surface area contributed by atoms with E-state index in [4.69, 9.17) is 9.84 Å². The maximum atomic E-state index is 10.5. The molecule has 0 aliphatic rings. The number of carbonyl (C=O) groups is 1. The summed E-state index contributed by atoms with van der Waals surface area (Å²) in [6, 6.07) is 5.75. The van der Waals surface area contributed by atoms with Crippen molar-refractivity contribution in [2.75, 3.05) is 7.11 Å². The molecule has 5 heteroatoms. The number of hydrogen-bond acceptors (Lipinski definition) is 3. The van der Waals surface area contributed by atoms with Crippen LogP contribution in [0.4, 0.5) is 0 Å². The van der Waals surface area contributed by atoms with Gasteiger partial charge in [0.15, 0.2) is 0 Å². The monoisotopic (exact) mass is 260 g/mol. The molecule has 0 radical (unpaired) electrons. The van der Waals surface area contributed by atoms with Crippen LogP contribution in [0.1, 0.15) is 17.5 Å². The number of nitrogens with zero attached hydrogens (tertiary/aromatic N) is 2. The SMILES string of the molecule is COc1ccc(-n2cc(CCC(=O)O)cn2)c(C)c1. The van der Waals surface area contributed by atoms with E-state index in [0.29, 0.717) is 6.42 Å². The lowest BCUT2D eigenvalue weighted by molar-refractivity contribution is -0.136. The van der Waals surface area contributed by atoms with E-state index in [1.165, 1.54) is 0 Å². The molecule has 0 bridgehead atoms. The number of methoxy groups -OCH3 is 1. The third-order valence-corrected chi connectivity index (χ3v) is 2.91. The molecule has 1 aromatic heterocycles. The maximum absolute atomic E-state index is 10.5. The number of aliphatic carboxylic acids is 1. The van der Waals surface area contributed by atoms with E-state index in [-0.39, 0.29) is 6.42 Å². The standard InChI is InChI=1S/C14H16N2O3/c1-10-7-12(19-2)4-5-13(10)16-9-11(8-15-16)3-6-14(17)18/h4-5,7-9H,3,6H2,1-2H3,(H,17,18). The number of aryl methyl sites for hydroxylation is 2. The van der Waals surface area contributed by atoms with Crippen LogP contribution in [-0.4, -0.2) is 28.0 Å². The Kier molecular flexibility index (Phi) is 3.85. The van der Waals surface area contributed by atoms with Crippen LogP contribution in [0.3, 0.4) is 0 Å². The van der Waals surface area contributed by atoms with Crippen LogP contribution in [0.5, 0.6) is 5.75 Å². The maximum Gasteiger partial charge on any atom is 0.303 e. The number of aromatic nitrogens is 2. The molecule has 1 heterocycles. The van der Waals surface area contributed by atoms with Crippen LogP contribution in [0.15, 0.2) is 30.6 Å². The minimum atomic E-state index is -0.798. The summed E-state index contributed by atoms with van der Waals surface area (Å²) < 4.78 is 6.92. The zero-order chi connectivity index (χ0) is 13.8. The van der Waals surface area contributed by atoms with E-state index in [0.717, 1.165) is 22.6 Å². The van der Waals surface area contributed by atoms with E-state index >= 15 is 0 Å². The number of carboxylic acid groups (broad SMARTS) is 1. The number of benzene rings is 1. The van der Waals surface area contributed by atoms with Crippen molar-refractivity contribution in [1.82, 2.24) is 9.78 Å². The smallest absolute Gasteiger partial charge is 0.303 e. The molecule has 0 saturated heterocycles. The highest BCUT2D eigenvalue weighted by Crippen LogP contribution is 2.20. The molecule has 5 nitrogen and oxygen atoms in total. The molecule has 2 aromatic rings. The van der Waals surface area contributed by atoms with E-state index in [9.17, 15) is 4.79 Å². The molecule has 0 amide bonds. The van der Waals surface area contributed by atoms with Gasteiger partial charge in [0, 0.05) is 12.6 Å². The molecule has 0 aliphatic heterocycles. The number of rotatable bonds is 5. The summed E-state index contributed by atoms with van der Waals surface area (Å²) in [6.07, 6.45) is 4.17. The quantitative estimate of drug-likeness (QED) is 0.895. The van der Waals surface area contributed by atoms with E-state index in [1.807, 2.05) is 31.3 Å². The van der Waals surface area contributed by atoms with Crippen molar-refractivity contribution < 1.29 is 14.6 Å². The number of carboxylic acids is 1. The molecule has 0 spiro atoms. The van der Waals surface area contributed by atoms with Gasteiger partial charge in [0.2, 0.25) is 0 Å². The largest absolute Gasteiger partial charge is 0.497 e. The Balaban J connectivity index is 2.20. The first-order chi connectivity index (χ1) is 9.10. The summed E-state index contributed by atoms with van der Waals surface area (Å²) in [7, 11) is 1.63. The van der Waals surface area contributed by atoms with Crippen LogP contribution in [0.25, 0.3) is 5.69 Å². The third-order valence-electron chi connectivity index (χ3n) is 2.91. The second kappa shape index (κ2) is 5.56. The lowest BCUT2D eigenvalue weighted by Gasteiger charge is -2.07.